The molecule has 8 heteroatoms. The number of hydrogen-bond donors (Lipinski definition) is 3. The average Bonchev–Trinajstić information content (AvgIpc) is 3.57. The highest BCUT2D eigenvalue weighted by atomic mass is 16.1. The Labute approximate surface area is 199 Å². The van der Waals surface area contributed by atoms with Crippen LogP contribution in [0.2, 0.25) is 0 Å². The number of nitrogens with zero attached hydrogens (tertiary/aromatic N) is 4. The van der Waals surface area contributed by atoms with Gasteiger partial charge in [-0.2, -0.15) is 0 Å². The summed E-state index contributed by atoms with van der Waals surface area (Å²) < 4.78 is 0. The van der Waals surface area contributed by atoms with Gasteiger partial charge in [-0.15, -0.1) is 0 Å². The number of benzene rings is 1. The lowest BCUT2D eigenvalue weighted by Crippen LogP contribution is -2.43. The minimum absolute atomic E-state index is 0.133. The van der Waals surface area contributed by atoms with Gasteiger partial charge in [0.25, 0.3) is 5.91 Å². The van der Waals surface area contributed by atoms with Gasteiger partial charge in [-0.25, -0.2) is 9.97 Å². The Morgan fingerprint density at radius 3 is 2.41 bits per heavy atom. The maximum absolute atomic E-state index is 11.4. The summed E-state index contributed by atoms with van der Waals surface area (Å²) in [5.74, 6) is 5.93. The third-order valence-corrected chi connectivity index (χ3v) is 6.71. The van der Waals surface area contributed by atoms with Crippen LogP contribution in [0.4, 0.5) is 11.6 Å². The van der Waals surface area contributed by atoms with Gasteiger partial charge in [-0.3, -0.25) is 4.79 Å². The maximum Gasteiger partial charge on any atom is 0.265 e. The Bertz CT molecular complexity index is 1220. The van der Waals surface area contributed by atoms with Gasteiger partial charge in [0.2, 0.25) is 5.95 Å². The molecule has 4 heterocycles. The first kappa shape index (κ1) is 22.0. The summed E-state index contributed by atoms with van der Waals surface area (Å²) in [7, 11) is 0. The van der Waals surface area contributed by atoms with Gasteiger partial charge >= 0.3 is 0 Å². The fourth-order valence-corrected chi connectivity index (χ4v) is 4.86. The second-order valence-electron chi connectivity index (χ2n) is 8.90. The van der Waals surface area contributed by atoms with Crippen LogP contribution in [0.15, 0.2) is 42.6 Å². The molecule has 5 N–H and O–H groups in total. The highest BCUT2D eigenvalue weighted by Crippen LogP contribution is 2.25. The number of aromatic amines is 1. The molecule has 0 aliphatic carbocycles. The summed E-state index contributed by atoms with van der Waals surface area (Å²) in [5.41, 5.74) is 15.3. The normalized spacial score (nSPS) is 16.9. The summed E-state index contributed by atoms with van der Waals surface area (Å²) in [6.07, 6.45) is 6.77. The fraction of sp³-hybridized carbons (Fsp3) is 0.346. The van der Waals surface area contributed by atoms with E-state index in [0.29, 0.717) is 22.6 Å². The molecule has 0 spiro atoms. The molecule has 0 saturated carbocycles. The summed E-state index contributed by atoms with van der Waals surface area (Å²) in [6, 6.07) is 12.5. The van der Waals surface area contributed by atoms with Gasteiger partial charge in [0, 0.05) is 36.6 Å². The van der Waals surface area contributed by atoms with Crippen molar-refractivity contribution in [2.75, 3.05) is 36.8 Å². The molecule has 0 unspecified atom stereocenters. The van der Waals surface area contributed by atoms with Crippen LogP contribution in [-0.2, 0) is 0 Å². The van der Waals surface area contributed by atoms with Crippen molar-refractivity contribution in [1.82, 2.24) is 19.9 Å². The second-order valence-corrected chi connectivity index (χ2v) is 8.90. The van der Waals surface area contributed by atoms with E-state index in [-0.39, 0.29) is 5.95 Å². The predicted octanol–water partition coefficient (Wildman–Crippen LogP) is 2.62. The number of carbonyl (C=O) groups excluding carboxylic acids is 1. The first-order chi connectivity index (χ1) is 16.6. The molecule has 5 rings (SSSR count). The highest BCUT2D eigenvalue weighted by Gasteiger charge is 2.26. The monoisotopic (exact) mass is 455 g/mol. The smallest absolute Gasteiger partial charge is 0.265 e. The molecule has 2 saturated heterocycles. The van der Waals surface area contributed by atoms with Crippen LogP contribution in [0.5, 0.6) is 0 Å². The van der Waals surface area contributed by atoms with Gasteiger partial charge in [-0.1, -0.05) is 11.8 Å². The topological polar surface area (TPSA) is 117 Å². The third kappa shape index (κ3) is 4.75. The number of amides is 1. The SMILES string of the molecule is NC(=O)c1ccc(-c2nc(N)ncc2C#Cc2ccc(N3CCC(N4CCCC4)CC3)cc2)[nH]1. The van der Waals surface area contributed by atoms with Gasteiger partial charge in [0.1, 0.15) is 11.4 Å². The number of piperidine rings is 1. The van der Waals surface area contributed by atoms with E-state index in [2.05, 4.69) is 48.7 Å². The Hall–Kier alpha value is -3.83. The lowest BCUT2D eigenvalue weighted by molar-refractivity contribution is 0.0996. The summed E-state index contributed by atoms with van der Waals surface area (Å²) in [4.78, 5) is 27.9. The van der Waals surface area contributed by atoms with Crippen LogP contribution in [0.1, 0.15) is 47.3 Å². The van der Waals surface area contributed by atoms with Crippen LogP contribution >= 0.6 is 0 Å². The van der Waals surface area contributed by atoms with Crippen molar-refractivity contribution >= 4 is 17.5 Å². The minimum Gasteiger partial charge on any atom is -0.371 e. The van der Waals surface area contributed by atoms with Crippen LogP contribution in [0.3, 0.4) is 0 Å². The van der Waals surface area contributed by atoms with Gasteiger partial charge in [-0.05, 0) is 75.2 Å². The number of rotatable bonds is 4. The summed E-state index contributed by atoms with van der Waals surface area (Å²) in [5, 5.41) is 0. The Morgan fingerprint density at radius 2 is 1.74 bits per heavy atom. The van der Waals surface area contributed by atoms with Crippen LogP contribution in [0.25, 0.3) is 11.4 Å². The van der Waals surface area contributed by atoms with E-state index in [4.69, 9.17) is 11.5 Å². The third-order valence-electron chi connectivity index (χ3n) is 6.71. The average molecular weight is 456 g/mol. The first-order valence-electron chi connectivity index (χ1n) is 11.8. The molecule has 3 aromatic rings. The number of anilines is 2. The molecule has 1 aromatic carbocycles. The van der Waals surface area contributed by atoms with Crippen molar-refractivity contribution in [1.29, 1.82) is 0 Å². The molecule has 0 bridgehead atoms. The largest absolute Gasteiger partial charge is 0.371 e. The van der Waals surface area contributed by atoms with E-state index in [1.807, 2.05) is 12.1 Å². The number of aromatic nitrogens is 3. The van der Waals surface area contributed by atoms with Gasteiger partial charge in [0.15, 0.2) is 0 Å². The Balaban J connectivity index is 1.29. The lowest BCUT2D eigenvalue weighted by Gasteiger charge is -2.37. The van der Waals surface area contributed by atoms with E-state index >= 15 is 0 Å². The number of nitrogens with one attached hydrogen (secondary N) is 1. The van der Waals surface area contributed by atoms with E-state index in [1.165, 1.54) is 44.5 Å². The van der Waals surface area contributed by atoms with Crippen LogP contribution in [0, 0.1) is 11.8 Å². The minimum atomic E-state index is -0.540. The predicted molar refractivity (Wildman–Crippen MR) is 133 cm³/mol. The number of nitrogens with two attached hydrogens (primary N) is 2. The van der Waals surface area contributed by atoms with Crippen LogP contribution < -0.4 is 16.4 Å². The van der Waals surface area contributed by atoms with Crippen molar-refractivity contribution < 1.29 is 4.79 Å². The molecule has 2 aliphatic rings. The molecule has 2 fully saturated rings. The molecule has 8 nitrogen and oxygen atoms in total. The standard InChI is InChI=1S/C26H29N7O/c27-25(34)23-10-9-22(30-23)24-19(17-29-26(28)31-24)6-3-18-4-7-20(8-5-18)33-15-11-21(12-16-33)32-13-1-2-14-32/h4-5,7-10,17,21,30H,1-2,11-16H2,(H2,27,34)(H2,28,29,31). The number of nitrogen functional groups attached to an aromatic ring is 1. The lowest BCUT2D eigenvalue weighted by atomic mass is 10.0. The molecule has 34 heavy (non-hydrogen) atoms. The van der Waals surface area contributed by atoms with Crippen molar-refractivity contribution in [2.24, 2.45) is 5.73 Å². The zero-order valence-electron chi connectivity index (χ0n) is 19.1. The van der Waals surface area contributed by atoms with E-state index < -0.39 is 5.91 Å². The molecule has 2 aromatic heterocycles. The molecule has 0 radical (unpaired) electrons. The first-order valence-corrected chi connectivity index (χ1v) is 11.8. The number of likely N-dealkylation sites (tertiary alicyclic amines) is 1. The number of carbonyl (C=O) groups is 1. The number of H-pyrrole nitrogens is 1. The van der Waals surface area contributed by atoms with Crippen LogP contribution in [-0.4, -0.2) is 58.0 Å². The van der Waals surface area contributed by atoms with Crippen molar-refractivity contribution in [3.8, 4) is 23.2 Å². The molecule has 0 atom stereocenters. The quantitative estimate of drug-likeness (QED) is 0.521. The van der Waals surface area contributed by atoms with Crippen molar-refractivity contribution in [2.45, 2.75) is 31.7 Å². The number of primary amides is 1. The summed E-state index contributed by atoms with van der Waals surface area (Å²) >= 11 is 0. The number of hydrogen-bond acceptors (Lipinski definition) is 6. The molecule has 1 amide bonds. The van der Waals surface area contributed by atoms with Crippen molar-refractivity contribution in [3.63, 3.8) is 0 Å². The van der Waals surface area contributed by atoms with E-state index in [1.54, 1.807) is 18.3 Å². The van der Waals surface area contributed by atoms with E-state index in [9.17, 15) is 4.79 Å². The summed E-state index contributed by atoms with van der Waals surface area (Å²) in [6.45, 7) is 4.74. The zero-order valence-corrected chi connectivity index (χ0v) is 19.1. The molecular weight excluding hydrogens is 426 g/mol. The van der Waals surface area contributed by atoms with Crippen molar-refractivity contribution in [3.05, 3.63) is 59.4 Å². The highest BCUT2D eigenvalue weighted by molar-refractivity contribution is 5.92. The fourth-order valence-electron chi connectivity index (χ4n) is 4.86. The molecule has 174 valence electrons. The maximum atomic E-state index is 11.4. The van der Waals surface area contributed by atoms with Gasteiger partial charge < -0.3 is 26.3 Å². The molecule has 2 aliphatic heterocycles. The second kappa shape index (κ2) is 9.57. The van der Waals surface area contributed by atoms with Gasteiger partial charge in [0.05, 0.1) is 11.3 Å². The van der Waals surface area contributed by atoms with E-state index in [0.717, 1.165) is 24.7 Å². The zero-order chi connectivity index (χ0) is 23.5. The molecular formula is C26H29N7O. The Kier molecular flexibility index (Phi) is 6.19. The Morgan fingerprint density at radius 1 is 1.00 bits per heavy atom.